The Bertz CT molecular complexity index is 6.00. The van der Waals surface area contributed by atoms with Gasteiger partial charge in [-0.2, -0.15) is 0 Å². The van der Waals surface area contributed by atoms with E-state index in [0.717, 1.165) is 0 Å². The molecule has 0 bridgehead atoms. The molecule has 0 saturated heterocycles. The Hall–Kier alpha value is 1.16. The molecule has 4 heteroatoms. The first-order valence-electron chi connectivity index (χ1n) is 0. The van der Waals surface area contributed by atoms with Gasteiger partial charge in [0.2, 0.25) is 0 Å². The van der Waals surface area contributed by atoms with Crippen molar-refractivity contribution in [2.75, 3.05) is 0 Å². The van der Waals surface area contributed by atoms with Gasteiger partial charge in [0.1, 0.15) is 0 Å². The molecule has 0 aliphatic carbocycles. The summed E-state index contributed by atoms with van der Waals surface area (Å²) in [7, 11) is 0. The van der Waals surface area contributed by atoms with E-state index >= 15 is 0 Å². The van der Waals surface area contributed by atoms with Crippen LogP contribution in [0.25, 0.3) is 0 Å². The Morgan fingerprint density at radius 2 is 0.750 bits per heavy atom. The van der Waals surface area contributed by atoms with Gasteiger partial charge in [-0.15, -0.1) is 24.8 Å². The smallest absolute Gasteiger partial charge is 0 e. The Labute approximate surface area is 50.0 Å². The zero-order valence-electron chi connectivity index (χ0n) is 1.67. The molecule has 0 aromatic rings. The van der Waals surface area contributed by atoms with Gasteiger partial charge >= 0.3 is 0 Å². The van der Waals surface area contributed by atoms with Crippen molar-refractivity contribution in [3.05, 3.63) is 0 Å². The summed E-state index contributed by atoms with van der Waals surface area (Å²) < 4.78 is 0. The molecular formula is H4Cl2ORu. The molecule has 0 aromatic carbocycles. The molecule has 2 N–H and O–H groups in total. The van der Waals surface area contributed by atoms with Gasteiger partial charge in [0.05, 0.1) is 0 Å². The van der Waals surface area contributed by atoms with Crippen LogP contribution in [0.1, 0.15) is 0 Å². The normalized spacial score (nSPS) is 0. The van der Waals surface area contributed by atoms with Crippen LogP contribution < -0.4 is 0 Å². The third kappa shape index (κ3) is 10.9. The van der Waals surface area contributed by atoms with E-state index in [1.165, 1.54) is 0 Å². The zero-order chi connectivity index (χ0) is 0. The minimum absolute atomic E-state index is 0. The quantitative estimate of drug-likeness (QED) is 0.484. The second-order valence-corrected chi connectivity index (χ2v) is 0. The summed E-state index contributed by atoms with van der Waals surface area (Å²) in [6.07, 6.45) is 0. The minimum Gasteiger partial charge on any atom is -0.412 e. The molecule has 0 atom stereocenters. The molecule has 0 unspecified atom stereocenters. The van der Waals surface area contributed by atoms with Crippen molar-refractivity contribution in [1.82, 2.24) is 0 Å². The SMILES string of the molecule is Cl.Cl.O.[Ru]. The maximum absolute atomic E-state index is 0. The predicted octanol–water partition coefficient (Wildman–Crippen LogP) is 0.0164. The molecule has 0 rings (SSSR count). The van der Waals surface area contributed by atoms with Gasteiger partial charge in [-0.25, -0.2) is 0 Å². The third-order valence-corrected chi connectivity index (χ3v) is 0. The summed E-state index contributed by atoms with van der Waals surface area (Å²) in [5, 5.41) is 0. The summed E-state index contributed by atoms with van der Waals surface area (Å²) in [4.78, 5) is 0. The van der Waals surface area contributed by atoms with Crippen LogP contribution in [-0.4, -0.2) is 5.48 Å². The van der Waals surface area contributed by atoms with Crippen molar-refractivity contribution in [2.45, 2.75) is 0 Å². The molecule has 4 heavy (non-hydrogen) atoms. The Morgan fingerprint density at radius 3 is 0.750 bits per heavy atom. The van der Waals surface area contributed by atoms with Gasteiger partial charge in [-0.1, -0.05) is 0 Å². The zero-order valence-corrected chi connectivity index (χ0v) is 5.04. The van der Waals surface area contributed by atoms with E-state index in [-0.39, 0.29) is 49.8 Å². The largest absolute Gasteiger partial charge is 0.412 e. The maximum atomic E-state index is 0. The molecule has 0 amide bonds. The number of halogens is 2. The molecule has 0 fully saturated rings. The van der Waals surface area contributed by atoms with Crippen molar-refractivity contribution in [1.29, 1.82) is 0 Å². The van der Waals surface area contributed by atoms with E-state index in [2.05, 4.69) is 0 Å². The van der Waals surface area contributed by atoms with Crippen LogP contribution in [0, 0.1) is 0 Å². The average molecular weight is 192 g/mol. The second kappa shape index (κ2) is 30.8. The first-order chi connectivity index (χ1) is 0. The van der Waals surface area contributed by atoms with Crippen LogP contribution in [-0.2, 0) is 19.5 Å². The summed E-state index contributed by atoms with van der Waals surface area (Å²) in [6, 6.07) is 0. The van der Waals surface area contributed by atoms with Crippen LogP contribution in [0.15, 0.2) is 0 Å². The fourth-order valence-corrected chi connectivity index (χ4v) is 0. The van der Waals surface area contributed by atoms with E-state index in [1.807, 2.05) is 0 Å². The Kier molecular flexibility index (Phi) is 509. The minimum atomic E-state index is 0. The van der Waals surface area contributed by atoms with E-state index in [0.29, 0.717) is 0 Å². The van der Waals surface area contributed by atoms with Crippen molar-refractivity contribution >= 4 is 24.8 Å². The van der Waals surface area contributed by atoms with E-state index in [1.54, 1.807) is 0 Å². The van der Waals surface area contributed by atoms with Gasteiger partial charge in [-0.3, -0.25) is 0 Å². The summed E-state index contributed by atoms with van der Waals surface area (Å²) in [5.41, 5.74) is 0. The van der Waals surface area contributed by atoms with Crippen LogP contribution in [0.3, 0.4) is 0 Å². The average Bonchev–Trinajstić information content (AvgIpc) is 0. The third-order valence-electron chi connectivity index (χ3n) is 0. The summed E-state index contributed by atoms with van der Waals surface area (Å²) in [5.74, 6) is 0. The Morgan fingerprint density at radius 1 is 0.750 bits per heavy atom. The topological polar surface area (TPSA) is 31.5 Å². The summed E-state index contributed by atoms with van der Waals surface area (Å²) >= 11 is 0. The van der Waals surface area contributed by atoms with E-state index in [4.69, 9.17) is 0 Å². The first kappa shape index (κ1) is 66.1. The van der Waals surface area contributed by atoms with Crippen molar-refractivity contribution in [2.24, 2.45) is 0 Å². The fourth-order valence-electron chi connectivity index (χ4n) is 0. The molecule has 0 heterocycles. The number of rotatable bonds is 0. The van der Waals surface area contributed by atoms with Gasteiger partial charge in [-0.05, 0) is 0 Å². The molecule has 1 nitrogen and oxygen atoms in total. The molecule has 0 aliphatic heterocycles. The Balaban J connectivity index is 0. The maximum Gasteiger partial charge on any atom is 0 e. The second-order valence-electron chi connectivity index (χ2n) is 0. The van der Waals surface area contributed by atoms with Crippen LogP contribution in [0.2, 0.25) is 0 Å². The van der Waals surface area contributed by atoms with Crippen LogP contribution in [0.4, 0.5) is 0 Å². The van der Waals surface area contributed by atoms with Crippen LogP contribution >= 0.6 is 24.8 Å². The van der Waals surface area contributed by atoms with Gasteiger partial charge in [0.15, 0.2) is 0 Å². The first-order valence-corrected chi connectivity index (χ1v) is 0. The monoisotopic (exact) mass is 192 g/mol. The van der Waals surface area contributed by atoms with Crippen molar-refractivity contribution < 1.29 is 25.0 Å². The standard InChI is InChI=1S/2ClH.H2O.Ru/h2*1H;1H2;. The van der Waals surface area contributed by atoms with Crippen molar-refractivity contribution in [3.8, 4) is 0 Å². The molecule has 0 saturated carbocycles. The molecule has 0 spiro atoms. The van der Waals surface area contributed by atoms with Gasteiger partial charge in [0.25, 0.3) is 0 Å². The van der Waals surface area contributed by atoms with Crippen LogP contribution in [0.5, 0.6) is 0 Å². The molecule has 32 valence electrons. The van der Waals surface area contributed by atoms with Crippen molar-refractivity contribution in [3.63, 3.8) is 0 Å². The molecule has 0 radical (unpaired) electrons. The number of hydrogen-bond acceptors (Lipinski definition) is 0. The van der Waals surface area contributed by atoms with Gasteiger partial charge < -0.3 is 5.48 Å². The fraction of sp³-hybridized carbons (Fsp3) is 0. The molecule has 0 aromatic heterocycles. The summed E-state index contributed by atoms with van der Waals surface area (Å²) in [6.45, 7) is 0. The van der Waals surface area contributed by atoms with E-state index < -0.39 is 0 Å². The molecule has 0 aliphatic rings. The predicted molar refractivity (Wildman–Crippen MR) is 18.1 cm³/mol. The number of hydrogen-bond donors (Lipinski definition) is 0. The van der Waals surface area contributed by atoms with E-state index in [9.17, 15) is 0 Å². The van der Waals surface area contributed by atoms with Gasteiger partial charge in [0, 0.05) is 19.5 Å². The molecular weight excluding hydrogens is 188 g/mol.